The zero-order chi connectivity index (χ0) is 11.5. The van der Waals surface area contributed by atoms with Crippen molar-refractivity contribution in [1.82, 2.24) is 5.32 Å². The summed E-state index contributed by atoms with van der Waals surface area (Å²) in [6.07, 6.45) is 3.20. The zero-order valence-corrected chi connectivity index (χ0v) is 10.2. The fourth-order valence-corrected chi connectivity index (χ4v) is 2.90. The maximum absolute atomic E-state index is 11.9. The number of amides is 1. The van der Waals surface area contributed by atoms with Crippen LogP contribution in [-0.2, 0) is 0 Å². The van der Waals surface area contributed by atoms with Gasteiger partial charge >= 0.3 is 0 Å². The Labute approximate surface area is 99.5 Å². The van der Waals surface area contributed by atoms with Crippen molar-refractivity contribution >= 4 is 17.2 Å². The van der Waals surface area contributed by atoms with Crippen molar-refractivity contribution in [3.05, 3.63) is 21.9 Å². The normalized spacial score (nSPS) is 25.4. The van der Waals surface area contributed by atoms with Gasteiger partial charge in [0.15, 0.2) is 0 Å². The van der Waals surface area contributed by atoms with E-state index in [1.807, 2.05) is 17.7 Å². The summed E-state index contributed by atoms with van der Waals surface area (Å²) in [5, 5.41) is 16.3. The molecular weight excluding hydrogens is 222 g/mol. The highest BCUT2D eigenvalue weighted by atomic mass is 32.1. The molecule has 1 fully saturated rings. The average Bonchev–Trinajstić information content (AvgIpc) is 2.68. The lowest BCUT2D eigenvalue weighted by Gasteiger charge is -2.26. The lowest BCUT2D eigenvalue weighted by atomic mass is 9.93. The average molecular weight is 239 g/mol. The van der Waals surface area contributed by atoms with E-state index in [2.05, 4.69) is 5.32 Å². The number of nitrogens with one attached hydrogen (secondary N) is 1. The molecule has 1 aromatic rings. The summed E-state index contributed by atoms with van der Waals surface area (Å²) in [6, 6.07) is 0.232. The summed E-state index contributed by atoms with van der Waals surface area (Å²) in [7, 11) is 0. The molecule has 0 radical (unpaired) electrons. The van der Waals surface area contributed by atoms with Gasteiger partial charge in [0.05, 0.1) is 11.7 Å². The summed E-state index contributed by atoms with van der Waals surface area (Å²) >= 11 is 1.56. The van der Waals surface area contributed by atoms with E-state index in [0.29, 0.717) is 0 Å². The van der Waals surface area contributed by atoms with Gasteiger partial charge in [0, 0.05) is 11.4 Å². The predicted octanol–water partition coefficient (Wildman–Crippen LogP) is 2.09. The molecule has 0 aromatic carbocycles. The molecule has 2 rings (SSSR count). The first-order valence-electron chi connectivity index (χ1n) is 5.68. The van der Waals surface area contributed by atoms with E-state index in [0.717, 1.165) is 36.8 Å². The number of thiophene rings is 1. The van der Waals surface area contributed by atoms with Gasteiger partial charge in [-0.3, -0.25) is 4.79 Å². The highest BCUT2D eigenvalue weighted by Gasteiger charge is 2.21. The zero-order valence-electron chi connectivity index (χ0n) is 9.40. The van der Waals surface area contributed by atoms with Gasteiger partial charge in [0.2, 0.25) is 0 Å². The quantitative estimate of drug-likeness (QED) is 0.830. The molecule has 3 nitrogen and oxygen atoms in total. The van der Waals surface area contributed by atoms with Crippen molar-refractivity contribution in [2.75, 3.05) is 0 Å². The second-order valence-electron chi connectivity index (χ2n) is 4.45. The van der Waals surface area contributed by atoms with Crippen molar-refractivity contribution in [3.8, 4) is 0 Å². The SMILES string of the molecule is Cc1cscc1C(=O)NC1CCC(O)CC1. The van der Waals surface area contributed by atoms with Crippen molar-refractivity contribution in [1.29, 1.82) is 0 Å². The van der Waals surface area contributed by atoms with Crippen molar-refractivity contribution in [2.24, 2.45) is 0 Å². The minimum absolute atomic E-state index is 0.0279. The van der Waals surface area contributed by atoms with Crippen molar-refractivity contribution in [2.45, 2.75) is 44.8 Å². The van der Waals surface area contributed by atoms with Crippen LogP contribution in [0.2, 0.25) is 0 Å². The fourth-order valence-electron chi connectivity index (χ4n) is 2.08. The molecule has 0 bridgehead atoms. The van der Waals surface area contributed by atoms with Gasteiger partial charge < -0.3 is 10.4 Å². The largest absolute Gasteiger partial charge is 0.393 e. The van der Waals surface area contributed by atoms with Crippen LogP contribution in [0, 0.1) is 6.92 Å². The molecule has 88 valence electrons. The van der Waals surface area contributed by atoms with Gasteiger partial charge in [-0.25, -0.2) is 0 Å². The molecule has 2 N–H and O–H groups in total. The first kappa shape index (κ1) is 11.6. The van der Waals surface area contributed by atoms with E-state index >= 15 is 0 Å². The van der Waals surface area contributed by atoms with E-state index in [9.17, 15) is 9.90 Å². The molecular formula is C12H17NO2S. The van der Waals surface area contributed by atoms with Crippen LogP contribution >= 0.6 is 11.3 Å². The Morgan fingerprint density at radius 3 is 2.62 bits per heavy atom. The minimum Gasteiger partial charge on any atom is -0.393 e. The third kappa shape index (κ3) is 2.62. The highest BCUT2D eigenvalue weighted by molar-refractivity contribution is 7.08. The predicted molar refractivity (Wildman–Crippen MR) is 64.8 cm³/mol. The highest BCUT2D eigenvalue weighted by Crippen LogP contribution is 2.20. The van der Waals surface area contributed by atoms with Crippen LogP contribution in [0.4, 0.5) is 0 Å². The second kappa shape index (κ2) is 4.97. The molecule has 1 saturated carbocycles. The van der Waals surface area contributed by atoms with Crippen LogP contribution < -0.4 is 5.32 Å². The lowest BCUT2D eigenvalue weighted by molar-refractivity contribution is 0.0867. The maximum Gasteiger partial charge on any atom is 0.252 e. The first-order chi connectivity index (χ1) is 7.66. The Balaban J connectivity index is 1.91. The Bertz CT molecular complexity index is 367. The third-order valence-corrected chi connectivity index (χ3v) is 3.99. The van der Waals surface area contributed by atoms with Crippen LogP contribution in [-0.4, -0.2) is 23.2 Å². The van der Waals surface area contributed by atoms with Gasteiger partial charge in [-0.1, -0.05) is 0 Å². The molecule has 0 aliphatic heterocycles. The smallest absolute Gasteiger partial charge is 0.252 e. The molecule has 16 heavy (non-hydrogen) atoms. The van der Waals surface area contributed by atoms with Crippen LogP contribution in [0.5, 0.6) is 0 Å². The molecule has 1 amide bonds. The summed E-state index contributed by atoms with van der Waals surface area (Å²) in [6.45, 7) is 1.95. The number of aryl methyl sites for hydroxylation is 1. The molecule has 0 spiro atoms. The Morgan fingerprint density at radius 1 is 1.38 bits per heavy atom. The van der Waals surface area contributed by atoms with Gasteiger partial charge in [-0.2, -0.15) is 11.3 Å². The van der Waals surface area contributed by atoms with Crippen LogP contribution in [0.25, 0.3) is 0 Å². The Kier molecular flexibility index (Phi) is 3.61. The number of carbonyl (C=O) groups excluding carboxylic acids is 1. The molecule has 1 aliphatic rings. The van der Waals surface area contributed by atoms with Crippen molar-refractivity contribution < 1.29 is 9.90 Å². The summed E-state index contributed by atoms with van der Waals surface area (Å²) in [4.78, 5) is 11.9. The Morgan fingerprint density at radius 2 is 2.06 bits per heavy atom. The van der Waals surface area contributed by atoms with Crippen molar-refractivity contribution in [3.63, 3.8) is 0 Å². The van der Waals surface area contributed by atoms with E-state index in [1.165, 1.54) is 0 Å². The molecule has 1 heterocycles. The summed E-state index contributed by atoms with van der Waals surface area (Å²) in [5.74, 6) is 0.0279. The number of hydrogen-bond donors (Lipinski definition) is 2. The number of rotatable bonds is 2. The second-order valence-corrected chi connectivity index (χ2v) is 5.19. The van der Waals surface area contributed by atoms with Crippen LogP contribution in [0.1, 0.15) is 41.6 Å². The summed E-state index contributed by atoms with van der Waals surface area (Å²) < 4.78 is 0. The molecule has 1 aromatic heterocycles. The van der Waals surface area contributed by atoms with Gasteiger partial charge in [-0.15, -0.1) is 0 Å². The van der Waals surface area contributed by atoms with E-state index < -0.39 is 0 Å². The topological polar surface area (TPSA) is 49.3 Å². The standard InChI is InChI=1S/C12H17NO2S/c1-8-6-16-7-11(8)12(15)13-9-2-4-10(14)5-3-9/h6-7,9-10,14H,2-5H2,1H3,(H,13,15). The van der Waals surface area contributed by atoms with E-state index in [4.69, 9.17) is 0 Å². The third-order valence-electron chi connectivity index (χ3n) is 3.13. The van der Waals surface area contributed by atoms with E-state index in [1.54, 1.807) is 11.3 Å². The van der Waals surface area contributed by atoms with Gasteiger partial charge in [0.25, 0.3) is 5.91 Å². The van der Waals surface area contributed by atoms with Crippen LogP contribution in [0.3, 0.4) is 0 Å². The molecule has 0 unspecified atom stereocenters. The maximum atomic E-state index is 11.9. The molecule has 0 atom stereocenters. The van der Waals surface area contributed by atoms with Crippen LogP contribution in [0.15, 0.2) is 10.8 Å². The van der Waals surface area contributed by atoms with Gasteiger partial charge in [0.1, 0.15) is 0 Å². The first-order valence-corrected chi connectivity index (χ1v) is 6.63. The number of carbonyl (C=O) groups is 1. The number of hydrogen-bond acceptors (Lipinski definition) is 3. The van der Waals surface area contributed by atoms with E-state index in [-0.39, 0.29) is 18.1 Å². The number of aliphatic hydroxyl groups is 1. The molecule has 0 saturated heterocycles. The fraction of sp³-hybridized carbons (Fsp3) is 0.583. The monoisotopic (exact) mass is 239 g/mol. The Hall–Kier alpha value is -0.870. The minimum atomic E-state index is -0.170. The summed E-state index contributed by atoms with van der Waals surface area (Å²) in [5.41, 5.74) is 1.83. The number of aliphatic hydroxyl groups excluding tert-OH is 1. The lowest BCUT2D eigenvalue weighted by Crippen LogP contribution is -2.38. The van der Waals surface area contributed by atoms with Gasteiger partial charge in [-0.05, 0) is 43.6 Å². The molecule has 1 aliphatic carbocycles. The molecule has 4 heteroatoms.